The first-order valence-electron chi connectivity index (χ1n) is 5.87. The molecule has 0 bridgehead atoms. The van der Waals surface area contributed by atoms with E-state index in [9.17, 15) is 14.5 Å². The molecule has 0 atom stereocenters. The fraction of sp³-hybridized carbons (Fsp3) is 0.333. The second-order valence-electron chi connectivity index (χ2n) is 5.41. The summed E-state index contributed by atoms with van der Waals surface area (Å²) in [6, 6.07) is 3.23. The van der Waals surface area contributed by atoms with Crippen LogP contribution in [0.25, 0.3) is 5.69 Å². The summed E-state index contributed by atoms with van der Waals surface area (Å²) in [5.41, 5.74) is 5.81. The number of nitrogen functional groups attached to an aromatic ring is 1. The summed E-state index contributed by atoms with van der Waals surface area (Å²) in [7, 11) is 0. The molecule has 0 aliphatic rings. The van der Waals surface area contributed by atoms with Gasteiger partial charge in [0.1, 0.15) is 5.82 Å². The number of anilines is 1. The van der Waals surface area contributed by atoms with Crippen molar-refractivity contribution in [2.75, 3.05) is 5.73 Å². The van der Waals surface area contributed by atoms with Gasteiger partial charge in [-0.05, 0) is 0 Å². The van der Waals surface area contributed by atoms with E-state index >= 15 is 0 Å². The Bertz CT molecular complexity index is 675. The molecule has 1 aromatic heterocycles. The van der Waals surface area contributed by atoms with E-state index in [1.165, 1.54) is 10.7 Å². The van der Waals surface area contributed by atoms with Crippen LogP contribution in [0.5, 0.6) is 0 Å². The summed E-state index contributed by atoms with van der Waals surface area (Å²) in [6.45, 7) is 5.69. The number of hydrogen-bond acceptors (Lipinski definition) is 5. The van der Waals surface area contributed by atoms with Crippen molar-refractivity contribution < 1.29 is 9.31 Å². The molecule has 1 heterocycles. The molecular formula is C12H14FN5O2. The SMILES string of the molecule is CC(C)(C)c1c(N)nnn1-c1cc(F)cc([N+](=O)[O-])c1. The number of rotatable bonds is 2. The standard InChI is InChI=1S/C12H14FN5O2/c1-12(2,3)10-11(14)15-16-17(10)8-4-7(13)5-9(6-8)18(19)20/h4-6H,14H2,1-3H3. The summed E-state index contributed by atoms with van der Waals surface area (Å²) in [6.07, 6.45) is 0. The van der Waals surface area contributed by atoms with Gasteiger partial charge < -0.3 is 5.73 Å². The Balaban J connectivity index is 2.67. The van der Waals surface area contributed by atoms with Gasteiger partial charge in [-0.15, -0.1) is 5.10 Å². The molecule has 106 valence electrons. The number of halogens is 1. The van der Waals surface area contributed by atoms with E-state index in [-0.39, 0.29) is 17.2 Å². The number of aromatic nitrogens is 3. The lowest BCUT2D eigenvalue weighted by atomic mass is 9.91. The van der Waals surface area contributed by atoms with Crippen molar-refractivity contribution in [3.8, 4) is 5.69 Å². The van der Waals surface area contributed by atoms with Gasteiger partial charge in [-0.3, -0.25) is 10.1 Å². The Labute approximate surface area is 114 Å². The Morgan fingerprint density at radius 3 is 2.55 bits per heavy atom. The third-order valence-corrected chi connectivity index (χ3v) is 2.73. The predicted molar refractivity (Wildman–Crippen MR) is 71.1 cm³/mol. The van der Waals surface area contributed by atoms with Crippen LogP contribution >= 0.6 is 0 Å². The van der Waals surface area contributed by atoms with Gasteiger partial charge in [0.15, 0.2) is 5.82 Å². The normalized spacial score (nSPS) is 11.6. The van der Waals surface area contributed by atoms with Gasteiger partial charge in [0.2, 0.25) is 0 Å². The highest BCUT2D eigenvalue weighted by Crippen LogP contribution is 2.29. The molecule has 20 heavy (non-hydrogen) atoms. The summed E-state index contributed by atoms with van der Waals surface area (Å²) >= 11 is 0. The highest BCUT2D eigenvalue weighted by Gasteiger charge is 2.25. The van der Waals surface area contributed by atoms with Crippen molar-refractivity contribution in [1.82, 2.24) is 15.0 Å². The molecule has 8 heteroatoms. The maximum atomic E-state index is 13.5. The van der Waals surface area contributed by atoms with Crippen LogP contribution in [0.15, 0.2) is 18.2 Å². The lowest BCUT2D eigenvalue weighted by Gasteiger charge is -2.20. The molecule has 0 aliphatic carbocycles. The number of benzene rings is 1. The molecule has 0 radical (unpaired) electrons. The van der Waals surface area contributed by atoms with E-state index in [0.29, 0.717) is 5.69 Å². The maximum Gasteiger partial charge on any atom is 0.274 e. The zero-order valence-electron chi connectivity index (χ0n) is 11.3. The van der Waals surface area contributed by atoms with Crippen molar-refractivity contribution in [3.63, 3.8) is 0 Å². The van der Waals surface area contributed by atoms with Gasteiger partial charge in [-0.25, -0.2) is 9.07 Å². The van der Waals surface area contributed by atoms with Crippen molar-refractivity contribution >= 4 is 11.5 Å². The van der Waals surface area contributed by atoms with E-state index in [4.69, 9.17) is 5.73 Å². The van der Waals surface area contributed by atoms with Crippen molar-refractivity contribution in [1.29, 1.82) is 0 Å². The van der Waals surface area contributed by atoms with Gasteiger partial charge in [0.25, 0.3) is 5.69 Å². The second-order valence-corrected chi connectivity index (χ2v) is 5.41. The lowest BCUT2D eigenvalue weighted by Crippen LogP contribution is -2.19. The van der Waals surface area contributed by atoms with Crippen LogP contribution in [0.3, 0.4) is 0 Å². The first-order chi connectivity index (χ1) is 9.20. The van der Waals surface area contributed by atoms with Crippen LogP contribution < -0.4 is 5.73 Å². The fourth-order valence-electron chi connectivity index (χ4n) is 1.96. The highest BCUT2D eigenvalue weighted by molar-refractivity contribution is 5.48. The molecule has 2 N–H and O–H groups in total. The summed E-state index contributed by atoms with van der Waals surface area (Å²) in [5, 5.41) is 18.4. The van der Waals surface area contributed by atoms with E-state index in [0.717, 1.165) is 12.1 Å². The smallest absolute Gasteiger partial charge is 0.274 e. The minimum atomic E-state index is -0.719. The molecule has 0 aliphatic heterocycles. The Morgan fingerprint density at radius 1 is 1.35 bits per heavy atom. The maximum absolute atomic E-state index is 13.5. The zero-order chi connectivity index (χ0) is 15.1. The third kappa shape index (κ3) is 2.44. The van der Waals surface area contributed by atoms with Crippen molar-refractivity contribution in [3.05, 3.63) is 39.8 Å². The summed E-state index contributed by atoms with van der Waals surface area (Å²) in [4.78, 5) is 10.1. The fourth-order valence-corrected chi connectivity index (χ4v) is 1.96. The van der Waals surface area contributed by atoms with E-state index in [1.807, 2.05) is 20.8 Å². The molecular weight excluding hydrogens is 265 g/mol. The number of nitrogens with zero attached hydrogens (tertiary/aromatic N) is 4. The Hall–Kier alpha value is -2.51. The number of hydrogen-bond donors (Lipinski definition) is 1. The van der Waals surface area contributed by atoms with Crippen molar-refractivity contribution in [2.45, 2.75) is 26.2 Å². The van der Waals surface area contributed by atoms with Gasteiger partial charge >= 0.3 is 0 Å². The molecule has 0 amide bonds. The minimum absolute atomic E-state index is 0.212. The molecule has 0 saturated carbocycles. The topological polar surface area (TPSA) is 99.9 Å². The number of nitro benzene ring substituents is 1. The van der Waals surface area contributed by atoms with Crippen LogP contribution in [0.1, 0.15) is 26.5 Å². The summed E-state index contributed by atoms with van der Waals surface area (Å²) < 4.78 is 14.8. The zero-order valence-corrected chi connectivity index (χ0v) is 11.3. The number of non-ortho nitro benzene ring substituents is 1. The van der Waals surface area contributed by atoms with E-state index in [2.05, 4.69) is 10.3 Å². The molecule has 0 saturated heterocycles. The highest BCUT2D eigenvalue weighted by atomic mass is 19.1. The number of nitrogens with two attached hydrogens (primary N) is 1. The Kier molecular flexibility index (Phi) is 3.16. The molecule has 7 nitrogen and oxygen atoms in total. The van der Waals surface area contributed by atoms with Crippen LogP contribution in [-0.2, 0) is 5.41 Å². The second kappa shape index (κ2) is 4.55. The van der Waals surface area contributed by atoms with Gasteiger partial charge in [-0.1, -0.05) is 26.0 Å². The van der Waals surface area contributed by atoms with Crippen molar-refractivity contribution in [2.24, 2.45) is 0 Å². The quantitative estimate of drug-likeness (QED) is 0.671. The average Bonchev–Trinajstić information content (AvgIpc) is 2.70. The third-order valence-electron chi connectivity index (χ3n) is 2.73. The average molecular weight is 279 g/mol. The Morgan fingerprint density at radius 2 is 2.00 bits per heavy atom. The first-order valence-corrected chi connectivity index (χ1v) is 5.87. The lowest BCUT2D eigenvalue weighted by molar-refractivity contribution is -0.385. The monoisotopic (exact) mass is 279 g/mol. The molecule has 1 aromatic carbocycles. The van der Waals surface area contributed by atoms with Crippen LogP contribution in [0.4, 0.5) is 15.9 Å². The van der Waals surface area contributed by atoms with Gasteiger partial charge in [-0.2, -0.15) is 0 Å². The minimum Gasteiger partial charge on any atom is -0.381 e. The van der Waals surface area contributed by atoms with Gasteiger partial charge in [0.05, 0.1) is 22.4 Å². The largest absolute Gasteiger partial charge is 0.381 e. The molecule has 0 unspecified atom stereocenters. The molecule has 2 rings (SSSR count). The number of nitro groups is 1. The van der Waals surface area contributed by atoms with Crippen LogP contribution in [-0.4, -0.2) is 19.9 Å². The predicted octanol–water partition coefficient (Wildman–Crippen LogP) is 2.19. The molecule has 0 spiro atoms. The first kappa shape index (κ1) is 13.9. The van der Waals surface area contributed by atoms with E-state index < -0.39 is 16.2 Å². The summed E-state index contributed by atoms with van der Waals surface area (Å²) in [5.74, 6) is -0.507. The molecule has 0 fully saturated rings. The van der Waals surface area contributed by atoms with E-state index in [1.54, 1.807) is 0 Å². The van der Waals surface area contributed by atoms with Crippen LogP contribution in [0, 0.1) is 15.9 Å². The van der Waals surface area contributed by atoms with Crippen LogP contribution in [0.2, 0.25) is 0 Å². The molecule has 2 aromatic rings. The van der Waals surface area contributed by atoms with Gasteiger partial charge in [0, 0.05) is 17.5 Å².